The van der Waals surface area contributed by atoms with Crippen molar-refractivity contribution in [2.24, 2.45) is 11.7 Å². The van der Waals surface area contributed by atoms with E-state index in [-0.39, 0.29) is 0 Å². The zero-order valence-corrected chi connectivity index (χ0v) is 11.6. The second-order valence-corrected chi connectivity index (χ2v) is 5.26. The van der Waals surface area contributed by atoms with Gasteiger partial charge in [0.25, 0.3) is 5.56 Å². The molecule has 5 nitrogen and oxygen atoms in total. The van der Waals surface area contributed by atoms with E-state index in [0.717, 1.165) is 37.0 Å². The SMILES string of the molecule is NCC(Cn1ncc(N2CCCCC2)cc1=O)C(F)(F)F. The average Bonchev–Trinajstić information content (AvgIpc) is 2.45. The van der Waals surface area contributed by atoms with Crippen LogP contribution in [-0.2, 0) is 6.54 Å². The average molecular weight is 304 g/mol. The summed E-state index contributed by atoms with van der Waals surface area (Å²) in [6.45, 7) is 0.586. The molecule has 0 aliphatic carbocycles. The highest BCUT2D eigenvalue weighted by Crippen LogP contribution is 2.26. The fourth-order valence-electron chi connectivity index (χ4n) is 2.41. The van der Waals surface area contributed by atoms with Crippen LogP contribution in [0.2, 0.25) is 0 Å². The molecule has 1 aromatic rings. The maximum atomic E-state index is 12.7. The number of anilines is 1. The largest absolute Gasteiger partial charge is 0.394 e. The molecule has 118 valence electrons. The molecule has 1 aromatic heterocycles. The van der Waals surface area contributed by atoms with Crippen molar-refractivity contribution in [1.29, 1.82) is 0 Å². The monoisotopic (exact) mass is 304 g/mol. The van der Waals surface area contributed by atoms with Gasteiger partial charge < -0.3 is 10.6 Å². The molecule has 8 heteroatoms. The van der Waals surface area contributed by atoms with Crippen LogP contribution < -0.4 is 16.2 Å². The first-order chi connectivity index (χ1) is 9.91. The number of aromatic nitrogens is 2. The van der Waals surface area contributed by atoms with Gasteiger partial charge in [0, 0.05) is 25.7 Å². The molecular weight excluding hydrogens is 285 g/mol. The zero-order valence-electron chi connectivity index (χ0n) is 11.6. The smallest absolute Gasteiger partial charge is 0.370 e. The second kappa shape index (κ2) is 6.46. The Morgan fingerprint density at radius 2 is 1.95 bits per heavy atom. The van der Waals surface area contributed by atoms with E-state index < -0.39 is 30.7 Å². The lowest BCUT2D eigenvalue weighted by molar-refractivity contribution is -0.175. The Balaban J connectivity index is 2.13. The van der Waals surface area contributed by atoms with Crippen molar-refractivity contribution in [2.45, 2.75) is 32.0 Å². The first-order valence-electron chi connectivity index (χ1n) is 7.00. The Labute approximate surface area is 120 Å². The minimum Gasteiger partial charge on any atom is -0.370 e. The van der Waals surface area contributed by atoms with Crippen LogP contribution in [0.3, 0.4) is 0 Å². The molecule has 1 aliphatic rings. The van der Waals surface area contributed by atoms with E-state index in [4.69, 9.17) is 5.73 Å². The minimum absolute atomic E-state index is 0.527. The minimum atomic E-state index is -4.43. The maximum Gasteiger partial charge on any atom is 0.394 e. The summed E-state index contributed by atoms with van der Waals surface area (Å²) in [7, 11) is 0. The quantitative estimate of drug-likeness (QED) is 0.912. The van der Waals surface area contributed by atoms with Gasteiger partial charge in [-0.1, -0.05) is 0 Å². The van der Waals surface area contributed by atoms with E-state index in [1.807, 2.05) is 4.90 Å². The summed E-state index contributed by atoms with van der Waals surface area (Å²) in [5.41, 5.74) is 5.28. The molecule has 0 spiro atoms. The Kier molecular flexibility index (Phi) is 4.87. The zero-order chi connectivity index (χ0) is 15.5. The Bertz CT molecular complexity index is 523. The van der Waals surface area contributed by atoms with Gasteiger partial charge in [0.1, 0.15) is 0 Å². The first-order valence-corrected chi connectivity index (χ1v) is 7.00. The highest BCUT2D eigenvalue weighted by atomic mass is 19.4. The molecule has 0 saturated carbocycles. The van der Waals surface area contributed by atoms with Crippen LogP contribution in [0.5, 0.6) is 0 Å². The van der Waals surface area contributed by atoms with Crippen molar-refractivity contribution in [1.82, 2.24) is 9.78 Å². The van der Waals surface area contributed by atoms with Gasteiger partial charge >= 0.3 is 6.18 Å². The molecule has 0 aromatic carbocycles. The van der Waals surface area contributed by atoms with E-state index in [9.17, 15) is 18.0 Å². The van der Waals surface area contributed by atoms with E-state index >= 15 is 0 Å². The molecule has 1 fully saturated rings. The van der Waals surface area contributed by atoms with Gasteiger partial charge in [-0.15, -0.1) is 0 Å². The summed E-state index contributed by atoms with van der Waals surface area (Å²) in [6, 6.07) is 1.35. The molecule has 1 atom stereocenters. The van der Waals surface area contributed by atoms with Crippen LogP contribution in [0.4, 0.5) is 18.9 Å². The van der Waals surface area contributed by atoms with Crippen molar-refractivity contribution >= 4 is 5.69 Å². The van der Waals surface area contributed by atoms with Crippen LogP contribution in [-0.4, -0.2) is 35.6 Å². The van der Waals surface area contributed by atoms with Crippen LogP contribution in [0, 0.1) is 5.92 Å². The highest BCUT2D eigenvalue weighted by molar-refractivity contribution is 5.43. The predicted octanol–water partition coefficient (Wildman–Crippen LogP) is 1.37. The molecule has 2 heterocycles. The summed E-state index contributed by atoms with van der Waals surface area (Å²) in [5, 5.41) is 3.86. The van der Waals surface area contributed by atoms with E-state index in [1.165, 1.54) is 12.3 Å². The van der Waals surface area contributed by atoms with Gasteiger partial charge in [-0.05, 0) is 19.3 Å². The van der Waals surface area contributed by atoms with E-state index in [0.29, 0.717) is 5.69 Å². The number of nitrogens with two attached hydrogens (primary N) is 1. The Hall–Kier alpha value is -1.57. The summed E-state index contributed by atoms with van der Waals surface area (Å²) in [6.07, 6.45) is 0.279. The Morgan fingerprint density at radius 3 is 2.48 bits per heavy atom. The lowest BCUT2D eigenvalue weighted by Crippen LogP contribution is -2.38. The normalized spacial score (nSPS) is 17.8. The molecule has 1 unspecified atom stereocenters. The molecule has 21 heavy (non-hydrogen) atoms. The lowest BCUT2D eigenvalue weighted by atomic mass is 10.1. The van der Waals surface area contributed by atoms with Crippen molar-refractivity contribution < 1.29 is 13.2 Å². The Morgan fingerprint density at radius 1 is 1.29 bits per heavy atom. The van der Waals surface area contributed by atoms with Gasteiger partial charge in [-0.3, -0.25) is 4.79 Å². The summed E-state index contributed by atoms with van der Waals surface area (Å²) in [4.78, 5) is 14.0. The molecule has 2 N–H and O–H groups in total. The third kappa shape index (κ3) is 3.96. The number of piperidine rings is 1. The number of nitrogens with zero attached hydrogens (tertiary/aromatic N) is 3. The van der Waals surface area contributed by atoms with Crippen molar-refractivity contribution in [3.8, 4) is 0 Å². The molecule has 1 aliphatic heterocycles. The standard InChI is InChI=1S/C13H19F3N4O/c14-13(15,16)10(7-17)9-20-12(21)6-11(8-18-20)19-4-2-1-3-5-19/h6,8,10H,1-5,7,9,17H2. The van der Waals surface area contributed by atoms with Gasteiger partial charge in [0.2, 0.25) is 0 Å². The number of halogens is 3. The number of rotatable bonds is 4. The van der Waals surface area contributed by atoms with Crippen molar-refractivity contribution in [2.75, 3.05) is 24.5 Å². The van der Waals surface area contributed by atoms with Crippen molar-refractivity contribution in [3.05, 3.63) is 22.6 Å². The fourth-order valence-corrected chi connectivity index (χ4v) is 2.41. The fraction of sp³-hybridized carbons (Fsp3) is 0.692. The number of hydrogen-bond acceptors (Lipinski definition) is 4. The molecule has 0 amide bonds. The van der Waals surface area contributed by atoms with Gasteiger partial charge in [-0.25, -0.2) is 4.68 Å². The van der Waals surface area contributed by atoms with Crippen molar-refractivity contribution in [3.63, 3.8) is 0 Å². The molecule has 2 rings (SSSR count). The molecular formula is C13H19F3N4O. The molecule has 0 radical (unpaired) electrons. The van der Waals surface area contributed by atoms with Gasteiger partial charge in [0.05, 0.1) is 24.3 Å². The van der Waals surface area contributed by atoms with E-state index in [2.05, 4.69) is 5.10 Å². The third-order valence-corrected chi connectivity index (χ3v) is 3.72. The highest BCUT2D eigenvalue weighted by Gasteiger charge is 2.39. The van der Waals surface area contributed by atoms with Gasteiger partial charge in [0.15, 0.2) is 0 Å². The van der Waals surface area contributed by atoms with Gasteiger partial charge in [-0.2, -0.15) is 18.3 Å². The maximum absolute atomic E-state index is 12.7. The first kappa shape index (κ1) is 15.8. The van der Waals surface area contributed by atoms with Crippen LogP contribution in [0.15, 0.2) is 17.1 Å². The molecule has 0 bridgehead atoms. The topological polar surface area (TPSA) is 64.2 Å². The van der Waals surface area contributed by atoms with Crippen LogP contribution >= 0.6 is 0 Å². The summed E-state index contributed by atoms with van der Waals surface area (Å²) < 4.78 is 38.9. The predicted molar refractivity (Wildman–Crippen MR) is 73.2 cm³/mol. The third-order valence-electron chi connectivity index (χ3n) is 3.72. The number of hydrogen-bond donors (Lipinski definition) is 1. The summed E-state index contributed by atoms with van der Waals surface area (Å²) in [5.74, 6) is -1.76. The van der Waals surface area contributed by atoms with E-state index in [1.54, 1.807) is 0 Å². The molecule has 1 saturated heterocycles. The lowest BCUT2D eigenvalue weighted by Gasteiger charge is -2.28. The van der Waals surface area contributed by atoms with Crippen LogP contribution in [0.25, 0.3) is 0 Å². The van der Waals surface area contributed by atoms with Crippen LogP contribution in [0.1, 0.15) is 19.3 Å². The second-order valence-electron chi connectivity index (χ2n) is 5.26. The number of alkyl halides is 3. The summed E-state index contributed by atoms with van der Waals surface area (Å²) >= 11 is 0.